The van der Waals surface area contributed by atoms with Gasteiger partial charge in [0.05, 0.1) is 11.4 Å². The van der Waals surface area contributed by atoms with Crippen LogP contribution in [-0.2, 0) is 0 Å². The predicted molar refractivity (Wildman–Crippen MR) is 127 cm³/mol. The number of carbonyl (C=O) groups is 1. The number of rotatable bonds is 4. The lowest BCUT2D eigenvalue weighted by molar-refractivity contribution is 0.0659. The SMILES string of the molecule is Cc1nc(N)nc(-c2ccc(C(=O)N(C)C3CCN(C)CC3)cc2)c1-c1ccc(N)nc1. The van der Waals surface area contributed by atoms with Crippen molar-refractivity contribution in [2.45, 2.75) is 25.8 Å². The molecule has 32 heavy (non-hydrogen) atoms. The second kappa shape index (κ2) is 8.92. The first-order valence-corrected chi connectivity index (χ1v) is 10.8. The zero-order valence-corrected chi connectivity index (χ0v) is 18.7. The molecule has 166 valence electrons. The van der Waals surface area contributed by atoms with Crippen LogP contribution in [0.15, 0.2) is 42.6 Å². The molecule has 8 heteroatoms. The van der Waals surface area contributed by atoms with Crippen molar-refractivity contribution >= 4 is 17.7 Å². The van der Waals surface area contributed by atoms with Crippen molar-refractivity contribution in [1.82, 2.24) is 24.8 Å². The summed E-state index contributed by atoms with van der Waals surface area (Å²) in [6.07, 6.45) is 3.69. The molecule has 4 rings (SSSR count). The fourth-order valence-electron chi connectivity index (χ4n) is 4.22. The fraction of sp³-hybridized carbons (Fsp3) is 0.333. The number of nitrogens with zero attached hydrogens (tertiary/aromatic N) is 5. The minimum absolute atomic E-state index is 0.0347. The fourth-order valence-corrected chi connectivity index (χ4v) is 4.22. The van der Waals surface area contributed by atoms with E-state index in [0.717, 1.165) is 48.3 Å². The number of hydrogen-bond donors (Lipinski definition) is 2. The van der Waals surface area contributed by atoms with Gasteiger partial charge in [0.15, 0.2) is 0 Å². The van der Waals surface area contributed by atoms with Crippen LogP contribution in [0.1, 0.15) is 28.9 Å². The van der Waals surface area contributed by atoms with E-state index in [9.17, 15) is 4.79 Å². The summed E-state index contributed by atoms with van der Waals surface area (Å²) in [4.78, 5) is 30.2. The number of nitrogens with two attached hydrogens (primary N) is 2. The van der Waals surface area contributed by atoms with Crippen molar-refractivity contribution in [3.63, 3.8) is 0 Å². The molecule has 0 spiro atoms. The van der Waals surface area contributed by atoms with E-state index in [-0.39, 0.29) is 17.9 Å². The number of aryl methyl sites for hydroxylation is 1. The molecule has 3 heterocycles. The summed E-state index contributed by atoms with van der Waals surface area (Å²) < 4.78 is 0. The van der Waals surface area contributed by atoms with E-state index in [0.29, 0.717) is 17.1 Å². The average molecular weight is 432 g/mol. The summed E-state index contributed by atoms with van der Waals surface area (Å²) in [5.74, 6) is 0.681. The van der Waals surface area contributed by atoms with Crippen molar-refractivity contribution in [3.8, 4) is 22.4 Å². The van der Waals surface area contributed by atoms with E-state index in [1.165, 1.54) is 0 Å². The molecular formula is C24H29N7O. The maximum atomic E-state index is 13.0. The molecule has 1 aromatic carbocycles. The van der Waals surface area contributed by atoms with E-state index in [1.807, 2.05) is 49.2 Å². The first-order valence-electron chi connectivity index (χ1n) is 10.8. The summed E-state index contributed by atoms with van der Waals surface area (Å²) in [6, 6.07) is 11.4. The maximum absolute atomic E-state index is 13.0. The number of nitrogen functional groups attached to an aromatic ring is 2. The van der Waals surface area contributed by atoms with Crippen molar-refractivity contribution in [2.75, 3.05) is 38.7 Å². The van der Waals surface area contributed by atoms with Crippen LogP contribution in [0.2, 0.25) is 0 Å². The topological polar surface area (TPSA) is 114 Å². The molecule has 3 aromatic rings. The van der Waals surface area contributed by atoms with E-state index in [1.54, 1.807) is 12.3 Å². The van der Waals surface area contributed by atoms with Crippen LogP contribution in [0.4, 0.5) is 11.8 Å². The zero-order valence-electron chi connectivity index (χ0n) is 18.7. The Morgan fingerprint density at radius 3 is 2.31 bits per heavy atom. The van der Waals surface area contributed by atoms with Crippen LogP contribution >= 0.6 is 0 Å². The number of aromatic nitrogens is 3. The molecule has 0 radical (unpaired) electrons. The molecule has 1 aliphatic heterocycles. The van der Waals surface area contributed by atoms with Gasteiger partial charge < -0.3 is 21.3 Å². The highest BCUT2D eigenvalue weighted by Gasteiger charge is 2.25. The largest absolute Gasteiger partial charge is 0.384 e. The lowest BCUT2D eigenvalue weighted by Gasteiger charge is -2.35. The third kappa shape index (κ3) is 4.40. The summed E-state index contributed by atoms with van der Waals surface area (Å²) in [7, 11) is 4.01. The maximum Gasteiger partial charge on any atom is 0.253 e. The van der Waals surface area contributed by atoms with Gasteiger partial charge in [0, 0.05) is 41.5 Å². The Labute approximate surface area is 188 Å². The Kier molecular flexibility index (Phi) is 6.05. The summed E-state index contributed by atoms with van der Waals surface area (Å²) in [5.41, 5.74) is 16.4. The minimum atomic E-state index is 0.0347. The van der Waals surface area contributed by atoms with Gasteiger partial charge in [0.1, 0.15) is 5.82 Å². The van der Waals surface area contributed by atoms with Crippen molar-refractivity contribution in [1.29, 1.82) is 0 Å². The highest BCUT2D eigenvalue weighted by molar-refractivity contribution is 5.95. The molecule has 0 atom stereocenters. The van der Waals surface area contributed by atoms with E-state index in [4.69, 9.17) is 11.5 Å². The van der Waals surface area contributed by atoms with Crippen LogP contribution in [-0.4, -0.2) is 63.9 Å². The van der Waals surface area contributed by atoms with E-state index >= 15 is 0 Å². The third-order valence-electron chi connectivity index (χ3n) is 6.14. The number of likely N-dealkylation sites (tertiary alicyclic amines) is 1. The Morgan fingerprint density at radius 1 is 1.03 bits per heavy atom. The zero-order chi connectivity index (χ0) is 22.8. The van der Waals surface area contributed by atoms with Gasteiger partial charge in [-0.2, -0.15) is 0 Å². The smallest absolute Gasteiger partial charge is 0.253 e. The molecule has 8 nitrogen and oxygen atoms in total. The van der Waals surface area contributed by atoms with Gasteiger partial charge in [-0.25, -0.2) is 15.0 Å². The van der Waals surface area contributed by atoms with Gasteiger partial charge >= 0.3 is 0 Å². The molecule has 1 amide bonds. The molecule has 0 saturated carbocycles. The van der Waals surface area contributed by atoms with Gasteiger partial charge in [0.2, 0.25) is 5.95 Å². The predicted octanol–water partition coefficient (Wildman–Crippen LogP) is 2.84. The summed E-state index contributed by atoms with van der Waals surface area (Å²) in [5, 5.41) is 0. The number of amides is 1. The quantitative estimate of drug-likeness (QED) is 0.653. The molecular weight excluding hydrogens is 402 g/mol. The second-order valence-electron chi connectivity index (χ2n) is 8.39. The third-order valence-corrected chi connectivity index (χ3v) is 6.14. The van der Waals surface area contributed by atoms with Crippen LogP contribution in [0.25, 0.3) is 22.4 Å². The number of hydrogen-bond acceptors (Lipinski definition) is 7. The second-order valence-corrected chi connectivity index (χ2v) is 8.39. The first-order chi connectivity index (χ1) is 15.3. The number of benzene rings is 1. The van der Waals surface area contributed by atoms with E-state index < -0.39 is 0 Å². The Hall–Kier alpha value is -3.52. The Balaban J connectivity index is 1.63. The molecule has 1 fully saturated rings. The standard InChI is InChI=1S/C24H29N7O/c1-15-21(18-8-9-20(25)27-14-18)22(29-24(26)28-15)16-4-6-17(7-5-16)23(32)31(3)19-10-12-30(2)13-11-19/h4-9,14,19H,10-13H2,1-3H3,(H2,25,27)(H2,26,28,29). The molecule has 0 aliphatic carbocycles. The highest BCUT2D eigenvalue weighted by atomic mass is 16.2. The number of piperidine rings is 1. The number of pyridine rings is 1. The molecule has 1 saturated heterocycles. The van der Waals surface area contributed by atoms with Crippen molar-refractivity contribution < 1.29 is 4.79 Å². The van der Waals surface area contributed by atoms with Crippen LogP contribution in [0.5, 0.6) is 0 Å². The monoisotopic (exact) mass is 431 g/mol. The molecule has 0 bridgehead atoms. The molecule has 0 unspecified atom stereocenters. The van der Waals surface area contributed by atoms with Crippen molar-refractivity contribution in [3.05, 3.63) is 53.9 Å². The first kappa shape index (κ1) is 21.7. The lowest BCUT2D eigenvalue weighted by atomic mass is 9.98. The van der Waals surface area contributed by atoms with Gasteiger partial charge in [0.25, 0.3) is 5.91 Å². The molecule has 1 aliphatic rings. The van der Waals surface area contributed by atoms with Crippen LogP contribution in [0.3, 0.4) is 0 Å². The molecule has 2 aromatic heterocycles. The van der Waals surface area contributed by atoms with Crippen LogP contribution < -0.4 is 11.5 Å². The highest BCUT2D eigenvalue weighted by Crippen LogP contribution is 2.33. The van der Waals surface area contributed by atoms with Gasteiger partial charge in [-0.15, -0.1) is 0 Å². The van der Waals surface area contributed by atoms with Gasteiger partial charge in [-0.3, -0.25) is 4.79 Å². The Bertz CT molecular complexity index is 1100. The van der Waals surface area contributed by atoms with Crippen LogP contribution in [0, 0.1) is 6.92 Å². The summed E-state index contributed by atoms with van der Waals surface area (Å²) in [6.45, 7) is 3.92. The normalized spacial score (nSPS) is 15.0. The number of anilines is 2. The Morgan fingerprint density at radius 2 is 1.69 bits per heavy atom. The minimum Gasteiger partial charge on any atom is -0.384 e. The van der Waals surface area contributed by atoms with Crippen molar-refractivity contribution in [2.24, 2.45) is 0 Å². The lowest BCUT2D eigenvalue weighted by Crippen LogP contribution is -2.44. The molecule has 4 N–H and O–H groups in total. The average Bonchev–Trinajstić information content (AvgIpc) is 2.79. The van der Waals surface area contributed by atoms with E-state index in [2.05, 4.69) is 26.9 Å². The van der Waals surface area contributed by atoms with Gasteiger partial charge in [-0.1, -0.05) is 12.1 Å². The summed E-state index contributed by atoms with van der Waals surface area (Å²) >= 11 is 0. The number of carbonyl (C=O) groups excluding carboxylic acids is 1. The van der Waals surface area contributed by atoms with Gasteiger partial charge in [-0.05, 0) is 64.2 Å².